The molecule has 0 aliphatic carbocycles. The molecular weight excluding hydrogens is 168 g/mol. The molecule has 2 heterocycles. The van der Waals surface area contributed by atoms with E-state index in [4.69, 9.17) is 4.74 Å². The van der Waals surface area contributed by atoms with E-state index in [0.717, 1.165) is 18.2 Å². The maximum atomic E-state index is 5.36. The van der Waals surface area contributed by atoms with Crippen molar-refractivity contribution in [1.82, 2.24) is 9.97 Å². The van der Waals surface area contributed by atoms with Crippen LogP contribution in [0.5, 0.6) is 5.88 Å². The summed E-state index contributed by atoms with van der Waals surface area (Å²) in [4.78, 5) is 10.2. The van der Waals surface area contributed by atoms with Crippen LogP contribution in [0.25, 0.3) is 0 Å². The Morgan fingerprint density at radius 3 is 3.23 bits per heavy atom. The highest BCUT2D eigenvalue weighted by molar-refractivity contribution is 5.74. The fourth-order valence-electron chi connectivity index (χ4n) is 1.32. The minimum atomic E-state index is 0.620. The molecule has 5 heteroatoms. The van der Waals surface area contributed by atoms with E-state index >= 15 is 0 Å². The van der Waals surface area contributed by atoms with E-state index in [1.54, 1.807) is 0 Å². The highest BCUT2D eigenvalue weighted by Gasteiger charge is 2.21. The van der Waals surface area contributed by atoms with Crippen molar-refractivity contribution >= 4 is 11.5 Å². The van der Waals surface area contributed by atoms with Gasteiger partial charge in [0.15, 0.2) is 5.82 Å². The van der Waals surface area contributed by atoms with Gasteiger partial charge in [0.25, 0.3) is 0 Å². The van der Waals surface area contributed by atoms with Crippen molar-refractivity contribution in [1.29, 1.82) is 0 Å². The van der Waals surface area contributed by atoms with Crippen LogP contribution in [-0.4, -0.2) is 30.3 Å². The van der Waals surface area contributed by atoms with E-state index in [1.807, 2.05) is 18.9 Å². The smallest absolute Gasteiger partial charge is 0.242 e. The van der Waals surface area contributed by atoms with Crippen LogP contribution in [0.4, 0.5) is 11.5 Å². The summed E-state index contributed by atoms with van der Waals surface area (Å²) in [5.41, 5.74) is 0.895. The molecule has 0 unspecified atom stereocenters. The van der Waals surface area contributed by atoms with Gasteiger partial charge in [0.05, 0.1) is 13.3 Å². The van der Waals surface area contributed by atoms with Gasteiger partial charge in [-0.25, -0.2) is 4.98 Å². The van der Waals surface area contributed by atoms with Crippen molar-refractivity contribution in [3.8, 4) is 5.88 Å². The number of nitrogens with zero attached hydrogens (tertiary/aromatic N) is 3. The lowest BCUT2D eigenvalue weighted by Gasteiger charge is -2.08. The molecule has 13 heavy (non-hydrogen) atoms. The number of hydrogen-bond donors (Lipinski definition) is 1. The molecule has 0 radical (unpaired) electrons. The van der Waals surface area contributed by atoms with E-state index < -0.39 is 0 Å². The molecule has 0 aromatic carbocycles. The van der Waals surface area contributed by atoms with Crippen molar-refractivity contribution in [3.05, 3.63) is 6.33 Å². The molecule has 0 saturated carbocycles. The zero-order valence-electron chi connectivity index (χ0n) is 7.74. The maximum absolute atomic E-state index is 5.36. The normalized spacial score (nSPS) is 13.8. The fraction of sp³-hybridized carbons (Fsp3) is 0.500. The Morgan fingerprint density at radius 1 is 1.62 bits per heavy atom. The van der Waals surface area contributed by atoms with Gasteiger partial charge in [-0.05, 0) is 6.92 Å². The van der Waals surface area contributed by atoms with Crippen molar-refractivity contribution < 1.29 is 4.74 Å². The standard InChI is InChI=1S/C8H12N4O/c1-3-13-8-6-7(9-4-10-8)12(2)5-11-6/h4,11H,3,5H2,1-2H3. The predicted molar refractivity (Wildman–Crippen MR) is 50.1 cm³/mol. The molecule has 0 bridgehead atoms. The van der Waals surface area contributed by atoms with Gasteiger partial charge in [0.2, 0.25) is 5.88 Å². The number of ether oxygens (including phenoxy) is 1. The molecule has 70 valence electrons. The third kappa shape index (κ3) is 1.26. The lowest BCUT2D eigenvalue weighted by Crippen LogP contribution is -2.16. The van der Waals surface area contributed by atoms with E-state index in [2.05, 4.69) is 15.3 Å². The summed E-state index contributed by atoms with van der Waals surface area (Å²) in [6, 6.07) is 0. The summed E-state index contributed by atoms with van der Waals surface area (Å²) in [6.45, 7) is 3.32. The maximum Gasteiger partial charge on any atom is 0.242 e. The molecule has 1 aromatic rings. The van der Waals surface area contributed by atoms with Crippen molar-refractivity contribution in [2.45, 2.75) is 6.92 Å². The van der Waals surface area contributed by atoms with Gasteiger partial charge in [-0.1, -0.05) is 0 Å². The number of rotatable bonds is 2. The Bertz CT molecular complexity index is 315. The van der Waals surface area contributed by atoms with Crippen molar-refractivity contribution in [2.24, 2.45) is 0 Å². The molecule has 0 atom stereocenters. The van der Waals surface area contributed by atoms with Crippen LogP contribution in [0.1, 0.15) is 6.92 Å². The second kappa shape index (κ2) is 3.08. The van der Waals surface area contributed by atoms with Crippen LogP contribution in [0.15, 0.2) is 6.33 Å². The SMILES string of the molecule is CCOc1ncnc2c1NCN2C. The first-order valence-electron chi connectivity index (χ1n) is 4.25. The van der Waals surface area contributed by atoms with Crippen molar-refractivity contribution in [2.75, 3.05) is 30.5 Å². The summed E-state index contributed by atoms with van der Waals surface area (Å²) in [7, 11) is 1.97. The minimum absolute atomic E-state index is 0.620. The van der Waals surface area contributed by atoms with E-state index in [1.165, 1.54) is 6.33 Å². The summed E-state index contributed by atoms with van der Waals surface area (Å²) in [5.74, 6) is 1.54. The first kappa shape index (κ1) is 8.10. The number of fused-ring (bicyclic) bond motifs is 1. The molecule has 1 aromatic heterocycles. The van der Waals surface area contributed by atoms with E-state index in [9.17, 15) is 0 Å². The Hall–Kier alpha value is -1.52. The van der Waals surface area contributed by atoms with Gasteiger partial charge >= 0.3 is 0 Å². The molecule has 5 nitrogen and oxygen atoms in total. The second-order valence-electron chi connectivity index (χ2n) is 2.84. The number of aromatic nitrogens is 2. The van der Waals surface area contributed by atoms with Crippen LogP contribution in [0.2, 0.25) is 0 Å². The molecule has 0 fully saturated rings. The Labute approximate surface area is 76.7 Å². The highest BCUT2D eigenvalue weighted by atomic mass is 16.5. The summed E-state index contributed by atoms with van der Waals surface area (Å²) < 4.78 is 5.36. The van der Waals surface area contributed by atoms with Gasteiger partial charge in [-0.3, -0.25) is 0 Å². The lowest BCUT2D eigenvalue weighted by molar-refractivity contribution is 0.328. The van der Waals surface area contributed by atoms with Gasteiger partial charge < -0.3 is 15.0 Å². The van der Waals surface area contributed by atoms with E-state index in [-0.39, 0.29) is 0 Å². The average Bonchev–Trinajstić information content (AvgIpc) is 2.50. The highest BCUT2D eigenvalue weighted by Crippen LogP contribution is 2.34. The monoisotopic (exact) mass is 180 g/mol. The number of hydrogen-bond acceptors (Lipinski definition) is 5. The molecule has 2 rings (SSSR count). The van der Waals surface area contributed by atoms with Crippen LogP contribution in [0.3, 0.4) is 0 Å². The van der Waals surface area contributed by atoms with Crippen LogP contribution in [0, 0.1) is 0 Å². The molecule has 0 saturated heterocycles. The summed E-state index contributed by atoms with van der Waals surface area (Å²) >= 11 is 0. The molecule has 1 N–H and O–H groups in total. The first-order valence-corrected chi connectivity index (χ1v) is 4.25. The lowest BCUT2D eigenvalue weighted by atomic mass is 10.4. The molecule has 1 aliphatic rings. The first-order chi connectivity index (χ1) is 6.33. The van der Waals surface area contributed by atoms with Gasteiger partial charge in [0, 0.05) is 7.05 Å². The molecule has 0 spiro atoms. The average molecular weight is 180 g/mol. The van der Waals surface area contributed by atoms with Crippen LogP contribution >= 0.6 is 0 Å². The molecule has 1 aliphatic heterocycles. The third-order valence-electron chi connectivity index (χ3n) is 1.93. The van der Waals surface area contributed by atoms with Crippen LogP contribution in [-0.2, 0) is 0 Å². The van der Waals surface area contributed by atoms with E-state index in [0.29, 0.717) is 12.5 Å². The van der Waals surface area contributed by atoms with Crippen LogP contribution < -0.4 is 15.0 Å². The van der Waals surface area contributed by atoms with Gasteiger partial charge in [0.1, 0.15) is 12.0 Å². The zero-order chi connectivity index (χ0) is 9.26. The largest absolute Gasteiger partial charge is 0.476 e. The van der Waals surface area contributed by atoms with Gasteiger partial charge in [-0.15, -0.1) is 0 Å². The summed E-state index contributed by atoms with van der Waals surface area (Å²) in [5, 5.41) is 3.18. The molecule has 0 amide bonds. The molecular formula is C8H12N4O. The predicted octanol–water partition coefficient (Wildman–Crippen LogP) is 0.694. The number of nitrogens with one attached hydrogen (secondary N) is 1. The number of anilines is 2. The summed E-state index contributed by atoms with van der Waals surface area (Å²) in [6.07, 6.45) is 1.52. The Kier molecular flexibility index (Phi) is 1.92. The topological polar surface area (TPSA) is 50.3 Å². The van der Waals surface area contributed by atoms with Gasteiger partial charge in [-0.2, -0.15) is 4.98 Å². The minimum Gasteiger partial charge on any atom is -0.476 e. The Morgan fingerprint density at radius 2 is 2.46 bits per heavy atom. The van der Waals surface area contributed by atoms with Crippen molar-refractivity contribution in [3.63, 3.8) is 0 Å². The fourth-order valence-corrected chi connectivity index (χ4v) is 1.32. The Balaban J connectivity index is 2.38. The quantitative estimate of drug-likeness (QED) is 0.725. The third-order valence-corrected chi connectivity index (χ3v) is 1.93. The second-order valence-corrected chi connectivity index (χ2v) is 2.84. The zero-order valence-corrected chi connectivity index (χ0v) is 7.74.